The fourth-order valence-electron chi connectivity index (χ4n) is 2.22. The number of carbonyl (C=O) groups is 1. The van der Waals surface area contributed by atoms with Crippen molar-refractivity contribution in [3.63, 3.8) is 0 Å². The lowest BCUT2D eigenvalue weighted by Crippen LogP contribution is -2.24. The van der Waals surface area contributed by atoms with E-state index in [0.29, 0.717) is 11.0 Å². The van der Waals surface area contributed by atoms with Gasteiger partial charge < -0.3 is 10.4 Å². The third-order valence-electron chi connectivity index (χ3n) is 3.21. The summed E-state index contributed by atoms with van der Waals surface area (Å²) in [6.45, 7) is 6.05. The van der Waals surface area contributed by atoms with Crippen molar-refractivity contribution in [3.05, 3.63) is 11.1 Å². The number of thiazole rings is 1. The Morgan fingerprint density at radius 2 is 2.56 bits per heavy atom. The van der Waals surface area contributed by atoms with Crippen molar-refractivity contribution >= 4 is 22.4 Å². The molecule has 5 nitrogen and oxygen atoms in total. The van der Waals surface area contributed by atoms with Gasteiger partial charge >= 0.3 is 0 Å². The molecule has 2 heterocycles. The summed E-state index contributed by atoms with van der Waals surface area (Å²) in [5.41, 5.74) is 0.981. The molecule has 0 bridgehead atoms. The molecule has 1 aromatic rings. The van der Waals surface area contributed by atoms with Crippen molar-refractivity contribution in [2.75, 3.05) is 18.4 Å². The summed E-state index contributed by atoms with van der Waals surface area (Å²) < 4.78 is 0. The fourth-order valence-corrected chi connectivity index (χ4v) is 2.96. The maximum Gasteiger partial charge on any atom is 0.223 e. The van der Waals surface area contributed by atoms with Gasteiger partial charge in [-0.1, -0.05) is 0 Å². The molecular formula is C12H19N3O2S. The third-order valence-corrected chi connectivity index (χ3v) is 4.02. The number of aromatic nitrogens is 1. The average Bonchev–Trinajstić information content (AvgIpc) is 2.88. The van der Waals surface area contributed by atoms with Gasteiger partial charge in [0.15, 0.2) is 5.13 Å². The topological polar surface area (TPSA) is 65.5 Å². The van der Waals surface area contributed by atoms with Gasteiger partial charge in [0.1, 0.15) is 0 Å². The van der Waals surface area contributed by atoms with E-state index in [1.54, 1.807) is 0 Å². The van der Waals surface area contributed by atoms with Gasteiger partial charge in [0.05, 0.1) is 11.8 Å². The van der Waals surface area contributed by atoms with Gasteiger partial charge in [-0.15, -0.1) is 11.3 Å². The highest BCUT2D eigenvalue weighted by atomic mass is 32.1. The Labute approximate surface area is 111 Å². The molecule has 1 aliphatic rings. The standard InChI is InChI=1S/C12H19N3O2S/c1-8(16)10-3-4-15(5-10)6-11-7-18-12(14-11)13-9(2)17/h7-8,10,16H,3-6H2,1-2H3,(H,13,14,17). The van der Waals surface area contributed by atoms with E-state index < -0.39 is 0 Å². The van der Waals surface area contributed by atoms with Crippen LogP contribution in [0.25, 0.3) is 0 Å². The smallest absolute Gasteiger partial charge is 0.223 e. The number of carbonyl (C=O) groups excluding carboxylic acids is 1. The van der Waals surface area contributed by atoms with Crippen LogP contribution in [0.4, 0.5) is 5.13 Å². The van der Waals surface area contributed by atoms with E-state index in [0.717, 1.165) is 31.7 Å². The first-order chi connectivity index (χ1) is 8.54. The van der Waals surface area contributed by atoms with E-state index in [2.05, 4.69) is 15.2 Å². The van der Waals surface area contributed by atoms with Crippen LogP contribution in [-0.4, -0.2) is 40.1 Å². The molecule has 1 amide bonds. The molecule has 1 fully saturated rings. The third kappa shape index (κ3) is 3.51. The Morgan fingerprint density at radius 3 is 3.17 bits per heavy atom. The first-order valence-corrected chi connectivity index (χ1v) is 7.05. The molecule has 100 valence electrons. The molecule has 2 N–H and O–H groups in total. The van der Waals surface area contributed by atoms with Crippen LogP contribution in [0.3, 0.4) is 0 Å². The molecule has 18 heavy (non-hydrogen) atoms. The van der Waals surface area contributed by atoms with Crippen molar-refractivity contribution in [1.82, 2.24) is 9.88 Å². The van der Waals surface area contributed by atoms with Gasteiger partial charge in [-0.05, 0) is 25.8 Å². The second kappa shape index (κ2) is 5.77. The number of hydrogen-bond acceptors (Lipinski definition) is 5. The molecule has 1 aliphatic heterocycles. The Kier molecular flexibility index (Phi) is 4.31. The van der Waals surface area contributed by atoms with Gasteiger partial charge in [-0.2, -0.15) is 0 Å². The summed E-state index contributed by atoms with van der Waals surface area (Å²) in [5.74, 6) is 0.282. The van der Waals surface area contributed by atoms with Crippen LogP contribution in [-0.2, 0) is 11.3 Å². The Hall–Kier alpha value is -0.980. The minimum Gasteiger partial charge on any atom is -0.393 e. The number of nitrogens with zero attached hydrogens (tertiary/aromatic N) is 2. The number of nitrogens with one attached hydrogen (secondary N) is 1. The summed E-state index contributed by atoms with van der Waals surface area (Å²) >= 11 is 1.45. The summed E-state index contributed by atoms with van der Waals surface area (Å²) in [4.78, 5) is 17.6. The Bertz CT molecular complexity index is 419. The van der Waals surface area contributed by atoms with Gasteiger partial charge in [-0.3, -0.25) is 9.69 Å². The molecule has 0 aromatic carbocycles. The van der Waals surface area contributed by atoms with Crippen molar-refractivity contribution < 1.29 is 9.90 Å². The van der Waals surface area contributed by atoms with E-state index >= 15 is 0 Å². The van der Waals surface area contributed by atoms with Crippen LogP contribution in [0.15, 0.2) is 5.38 Å². The average molecular weight is 269 g/mol. The minimum atomic E-state index is -0.236. The summed E-state index contributed by atoms with van der Waals surface area (Å²) in [6.07, 6.45) is 0.806. The molecule has 1 saturated heterocycles. The molecule has 0 saturated carbocycles. The van der Waals surface area contributed by atoms with Crippen LogP contribution < -0.4 is 5.32 Å². The molecule has 0 aliphatic carbocycles. The monoisotopic (exact) mass is 269 g/mol. The summed E-state index contributed by atoms with van der Waals surface area (Å²) in [7, 11) is 0. The fraction of sp³-hybridized carbons (Fsp3) is 0.667. The molecule has 1 aromatic heterocycles. The number of likely N-dealkylation sites (tertiary alicyclic amines) is 1. The van der Waals surface area contributed by atoms with Gasteiger partial charge in [0.25, 0.3) is 0 Å². The van der Waals surface area contributed by atoms with E-state index in [4.69, 9.17) is 0 Å². The van der Waals surface area contributed by atoms with Crippen LogP contribution in [0, 0.1) is 5.92 Å². The quantitative estimate of drug-likeness (QED) is 0.865. The summed E-state index contributed by atoms with van der Waals surface area (Å²) in [5, 5.41) is 14.9. The highest BCUT2D eigenvalue weighted by Crippen LogP contribution is 2.23. The van der Waals surface area contributed by atoms with E-state index in [-0.39, 0.29) is 12.0 Å². The maximum absolute atomic E-state index is 10.9. The Morgan fingerprint density at radius 1 is 1.78 bits per heavy atom. The lowest BCUT2D eigenvalue weighted by atomic mass is 10.0. The number of hydrogen-bond donors (Lipinski definition) is 2. The largest absolute Gasteiger partial charge is 0.393 e. The van der Waals surface area contributed by atoms with Crippen LogP contribution in [0.5, 0.6) is 0 Å². The van der Waals surface area contributed by atoms with Gasteiger partial charge in [0, 0.05) is 25.4 Å². The molecule has 2 rings (SSSR count). The summed E-state index contributed by atoms with van der Waals surface area (Å²) in [6, 6.07) is 0. The van der Waals surface area contributed by atoms with Gasteiger partial charge in [0.2, 0.25) is 5.91 Å². The highest BCUT2D eigenvalue weighted by Gasteiger charge is 2.26. The van der Waals surface area contributed by atoms with Crippen LogP contribution in [0.2, 0.25) is 0 Å². The normalized spacial score (nSPS) is 22.1. The number of aliphatic hydroxyl groups is 1. The lowest BCUT2D eigenvalue weighted by molar-refractivity contribution is -0.114. The Balaban J connectivity index is 1.87. The van der Waals surface area contributed by atoms with E-state index in [1.165, 1.54) is 18.3 Å². The zero-order valence-electron chi connectivity index (χ0n) is 10.7. The predicted octanol–water partition coefficient (Wildman–Crippen LogP) is 1.30. The van der Waals surface area contributed by atoms with Crippen molar-refractivity contribution in [2.45, 2.75) is 32.9 Å². The second-order valence-corrected chi connectivity index (χ2v) is 5.71. The predicted molar refractivity (Wildman–Crippen MR) is 71.5 cm³/mol. The maximum atomic E-state index is 10.9. The minimum absolute atomic E-state index is 0.0914. The van der Waals surface area contributed by atoms with Crippen molar-refractivity contribution in [3.8, 4) is 0 Å². The zero-order chi connectivity index (χ0) is 13.1. The number of anilines is 1. The van der Waals surface area contributed by atoms with Crippen LogP contribution in [0.1, 0.15) is 26.0 Å². The highest BCUT2D eigenvalue weighted by molar-refractivity contribution is 7.13. The SMILES string of the molecule is CC(=O)Nc1nc(CN2CCC(C(C)O)C2)cs1. The first-order valence-electron chi connectivity index (χ1n) is 6.17. The molecule has 0 spiro atoms. The van der Waals surface area contributed by atoms with E-state index in [9.17, 15) is 9.90 Å². The van der Waals surface area contributed by atoms with Gasteiger partial charge in [-0.25, -0.2) is 4.98 Å². The van der Waals surface area contributed by atoms with Crippen molar-refractivity contribution in [1.29, 1.82) is 0 Å². The molecular weight excluding hydrogens is 250 g/mol. The number of aliphatic hydroxyl groups excluding tert-OH is 1. The lowest BCUT2D eigenvalue weighted by Gasteiger charge is -2.15. The number of rotatable bonds is 4. The molecule has 6 heteroatoms. The van der Waals surface area contributed by atoms with Crippen LogP contribution >= 0.6 is 11.3 Å². The molecule has 2 unspecified atom stereocenters. The first kappa shape index (κ1) is 13.5. The zero-order valence-corrected chi connectivity index (χ0v) is 11.5. The molecule has 2 atom stereocenters. The number of amides is 1. The van der Waals surface area contributed by atoms with Crippen molar-refractivity contribution in [2.24, 2.45) is 5.92 Å². The second-order valence-electron chi connectivity index (χ2n) is 4.85. The van der Waals surface area contributed by atoms with E-state index in [1.807, 2.05) is 12.3 Å². The molecule has 0 radical (unpaired) electrons.